The average molecular weight is 183 g/mol. The van der Waals surface area contributed by atoms with Crippen molar-refractivity contribution in [2.75, 3.05) is 6.54 Å². The Balaban J connectivity index is 2.13. The second kappa shape index (κ2) is 5.86. The lowest BCUT2D eigenvalue weighted by Gasteiger charge is -2.18. The molecule has 0 saturated heterocycles. The van der Waals surface area contributed by atoms with Crippen LogP contribution >= 0.6 is 0 Å². The predicted molar refractivity (Wildman–Crippen MR) is 55.5 cm³/mol. The van der Waals surface area contributed by atoms with Gasteiger partial charge in [-0.1, -0.05) is 26.2 Å². The Kier molecular flexibility index (Phi) is 4.68. The molecule has 0 atom stereocenters. The van der Waals surface area contributed by atoms with Crippen LogP contribution in [0.1, 0.15) is 46.0 Å². The molecule has 13 heavy (non-hydrogen) atoms. The Morgan fingerprint density at radius 2 is 2.08 bits per heavy atom. The molecule has 0 saturated carbocycles. The number of hydrogen-bond acceptors (Lipinski definition) is 3. The highest BCUT2D eigenvalue weighted by molar-refractivity contribution is 5.01. The zero-order chi connectivity index (χ0) is 9.52. The number of nitrogens with zero attached hydrogens (tertiary/aromatic N) is 1. The zero-order valence-corrected chi connectivity index (χ0v) is 8.77. The number of unbranched alkanes of at least 4 members (excludes halogenated alkanes) is 3. The third-order valence-electron chi connectivity index (χ3n) is 2.39. The van der Waals surface area contributed by atoms with E-state index in [2.05, 4.69) is 36.0 Å². The van der Waals surface area contributed by atoms with Crippen LogP contribution in [-0.2, 0) is 0 Å². The van der Waals surface area contributed by atoms with Crippen LogP contribution in [0.5, 0.6) is 0 Å². The van der Waals surface area contributed by atoms with E-state index in [0.29, 0.717) is 0 Å². The van der Waals surface area contributed by atoms with Gasteiger partial charge in [-0.05, 0) is 19.8 Å². The quantitative estimate of drug-likeness (QED) is 0.618. The van der Waals surface area contributed by atoms with Crippen molar-refractivity contribution in [2.24, 2.45) is 0 Å². The molecule has 0 unspecified atom stereocenters. The molecule has 0 amide bonds. The molecule has 0 spiro atoms. The lowest BCUT2D eigenvalue weighted by Crippen LogP contribution is -2.37. The molecule has 1 heterocycles. The molecule has 0 aromatic carbocycles. The molecular weight excluding hydrogens is 162 g/mol. The Morgan fingerprint density at radius 3 is 2.77 bits per heavy atom. The maximum atomic E-state index is 3.09. The van der Waals surface area contributed by atoms with E-state index in [1.54, 1.807) is 0 Å². The molecule has 2 N–H and O–H groups in total. The highest BCUT2D eigenvalue weighted by atomic mass is 15.7. The summed E-state index contributed by atoms with van der Waals surface area (Å²) in [7, 11) is 0. The van der Waals surface area contributed by atoms with Gasteiger partial charge in [-0.15, -0.1) is 5.53 Å². The summed E-state index contributed by atoms with van der Waals surface area (Å²) in [6.45, 7) is 5.42. The SMILES string of the molecule is CCCCCCC1=CNNN1CC. The van der Waals surface area contributed by atoms with E-state index in [1.165, 1.54) is 37.8 Å². The van der Waals surface area contributed by atoms with Crippen LogP contribution in [0.15, 0.2) is 11.9 Å². The average Bonchev–Trinajstić information content (AvgIpc) is 2.60. The first-order chi connectivity index (χ1) is 6.38. The van der Waals surface area contributed by atoms with Crippen molar-refractivity contribution in [3.63, 3.8) is 0 Å². The van der Waals surface area contributed by atoms with Gasteiger partial charge in [0.05, 0.1) is 0 Å². The van der Waals surface area contributed by atoms with Crippen molar-refractivity contribution in [1.82, 2.24) is 16.0 Å². The van der Waals surface area contributed by atoms with Gasteiger partial charge in [-0.25, -0.2) is 0 Å². The van der Waals surface area contributed by atoms with E-state index in [-0.39, 0.29) is 0 Å². The molecule has 0 aliphatic carbocycles. The molecule has 0 bridgehead atoms. The number of nitrogens with one attached hydrogen (secondary N) is 2. The van der Waals surface area contributed by atoms with Crippen molar-refractivity contribution in [3.05, 3.63) is 11.9 Å². The molecule has 3 heteroatoms. The van der Waals surface area contributed by atoms with Crippen LogP contribution in [0, 0.1) is 0 Å². The minimum Gasteiger partial charge on any atom is -0.309 e. The third kappa shape index (κ3) is 3.27. The lowest BCUT2D eigenvalue weighted by molar-refractivity contribution is 0.255. The van der Waals surface area contributed by atoms with Crippen LogP contribution in [-0.4, -0.2) is 11.6 Å². The summed E-state index contributed by atoms with van der Waals surface area (Å²) in [4.78, 5) is 0. The van der Waals surface area contributed by atoms with Crippen molar-refractivity contribution >= 4 is 0 Å². The molecule has 1 aliphatic heterocycles. The highest BCUT2D eigenvalue weighted by Crippen LogP contribution is 2.13. The second-order valence-corrected chi connectivity index (χ2v) is 3.45. The van der Waals surface area contributed by atoms with Gasteiger partial charge in [-0.2, -0.15) is 0 Å². The van der Waals surface area contributed by atoms with Crippen molar-refractivity contribution in [1.29, 1.82) is 0 Å². The fourth-order valence-electron chi connectivity index (χ4n) is 1.57. The van der Waals surface area contributed by atoms with Crippen molar-refractivity contribution < 1.29 is 0 Å². The van der Waals surface area contributed by atoms with Gasteiger partial charge in [0, 0.05) is 18.4 Å². The summed E-state index contributed by atoms with van der Waals surface area (Å²) < 4.78 is 0. The van der Waals surface area contributed by atoms with E-state index in [4.69, 9.17) is 0 Å². The predicted octanol–water partition coefficient (Wildman–Crippen LogP) is 2.14. The topological polar surface area (TPSA) is 27.3 Å². The zero-order valence-electron chi connectivity index (χ0n) is 8.77. The largest absolute Gasteiger partial charge is 0.309 e. The summed E-state index contributed by atoms with van der Waals surface area (Å²) >= 11 is 0. The number of hydrogen-bond donors (Lipinski definition) is 2. The Morgan fingerprint density at radius 1 is 1.23 bits per heavy atom. The first-order valence-corrected chi connectivity index (χ1v) is 5.36. The summed E-state index contributed by atoms with van der Waals surface area (Å²) in [5.41, 5.74) is 7.50. The minimum atomic E-state index is 1.02. The molecule has 1 aliphatic rings. The van der Waals surface area contributed by atoms with Gasteiger partial charge in [0.15, 0.2) is 0 Å². The second-order valence-electron chi connectivity index (χ2n) is 3.45. The Labute approximate surface area is 81.1 Å². The minimum absolute atomic E-state index is 1.02. The van der Waals surface area contributed by atoms with E-state index < -0.39 is 0 Å². The summed E-state index contributed by atoms with van der Waals surface area (Å²) in [5.74, 6) is 0. The maximum Gasteiger partial charge on any atom is 0.0482 e. The number of rotatable bonds is 6. The monoisotopic (exact) mass is 183 g/mol. The van der Waals surface area contributed by atoms with Crippen LogP contribution in [0.4, 0.5) is 0 Å². The molecule has 0 aromatic rings. The Bertz CT molecular complexity index is 166. The van der Waals surface area contributed by atoms with Gasteiger partial charge in [0.1, 0.15) is 0 Å². The normalized spacial score (nSPS) is 15.8. The van der Waals surface area contributed by atoms with Crippen LogP contribution in [0.25, 0.3) is 0 Å². The smallest absolute Gasteiger partial charge is 0.0482 e. The first-order valence-electron chi connectivity index (χ1n) is 5.36. The van der Waals surface area contributed by atoms with E-state index in [0.717, 1.165) is 6.54 Å². The molecule has 0 fully saturated rings. The van der Waals surface area contributed by atoms with Gasteiger partial charge in [0.25, 0.3) is 0 Å². The van der Waals surface area contributed by atoms with Gasteiger partial charge in [0.2, 0.25) is 0 Å². The van der Waals surface area contributed by atoms with E-state index in [9.17, 15) is 0 Å². The molecule has 0 radical (unpaired) electrons. The fourth-order valence-corrected chi connectivity index (χ4v) is 1.57. The molecule has 1 rings (SSSR count). The maximum absolute atomic E-state index is 3.09. The van der Waals surface area contributed by atoms with Crippen LogP contribution in [0.2, 0.25) is 0 Å². The van der Waals surface area contributed by atoms with Crippen molar-refractivity contribution in [2.45, 2.75) is 46.0 Å². The fraction of sp³-hybridized carbons (Fsp3) is 0.800. The number of allylic oxidation sites excluding steroid dienone is 1. The summed E-state index contributed by atoms with van der Waals surface area (Å²) in [6, 6.07) is 0. The standard InChI is InChI=1S/C10H21N3/c1-3-5-6-7-8-10-9-11-12-13(10)4-2/h9,11-12H,3-8H2,1-2H3. The Hall–Kier alpha value is -0.700. The first kappa shape index (κ1) is 10.4. The van der Waals surface area contributed by atoms with E-state index in [1.807, 2.05) is 0 Å². The summed E-state index contributed by atoms with van der Waals surface area (Å²) in [6.07, 6.45) is 8.58. The van der Waals surface area contributed by atoms with Gasteiger partial charge < -0.3 is 5.43 Å². The lowest BCUT2D eigenvalue weighted by atomic mass is 10.1. The van der Waals surface area contributed by atoms with Crippen LogP contribution < -0.4 is 11.0 Å². The molecule has 0 aromatic heterocycles. The molecule has 76 valence electrons. The van der Waals surface area contributed by atoms with Gasteiger partial charge in [-0.3, -0.25) is 5.01 Å². The van der Waals surface area contributed by atoms with Crippen molar-refractivity contribution in [3.8, 4) is 0 Å². The number of hydrazine groups is 2. The summed E-state index contributed by atoms with van der Waals surface area (Å²) in [5, 5.41) is 2.16. The molecular formula is C10H21N3. The van der Waals surface area contributed by atoms with Gasteiger partial charge >= 0.3 is 0 Å². The highest BCUT2D eigenvalue weighted by Gasteiger charge is 2.10. The van der Waals surface area contributed by atoms with Crippen LogP contribution in [0.3, 0.4) is 0 Å². The van der Waals surface area contributed by atoms with E-state index >= 15 is 0 Å². The molecule has 3 nitrogen and oxygen atoms in total. The third-order valence-corrected chi connectivity index (χ3v) is 2.39.